The highest BCUT2D eigenvalue weighted by Gasteiger charge is 2.18. The first-order valence-corrected chi connectivity index (χ1v) is 6.54. The minimum atomic E-state index is 0.789. The number of hydrogen-bond donors (Lipinski definition) is 1. The highest BCUT2D eigenvalue weighted by Crippen LogP contribution is 2.19. The van der Waals surface area contributed by atoms with Crippen LogP contribution < -0.4 is 10.2 Å². The number of rotatable bonds is 4. The van der Waals surface area contributed by atoms with Crippen LogP contribution >= 0.6 is 0 Å². The van der Waals surface area contributed by atoms with Crippen LogP contribution in [0, 0.1) is 12.8 Å². The number of nitrogens with zero attached hydrogens (tertiary/aromatic N) is 3. The zero-order chi connectivity index (χ0) is 12.1. The second-order valence-electron chi connectivity index (χ2n) is 4.70. The first-order chi connectivity index (χ1) is 8.31. The summed E-state index contributed by atoms with van der Waals surface area (Å²) in [6.45, 7) is 8.65. The van der Waals surface area contributed by atoms with Crippen LogP contribution in [0.4, 0.5) is 5.82 Å². The van der Waals surface area contributed by atoms with E-state index in [1.807, 2.05) is 6.92 Å². The van der Waals surface area contributed by atoms with Gasteiger partial charge < -0.3 is 10.2 Å². The number of hydrogen-bond acceptors (Lipinski definition) is 4. The van der Waals surface area contributed by atoms with Gasteiger partial charge in [0.15, 0.2) is 0 Å². The molecule has 1 aliphatic heterocycles. The fraction of sp³-hybridized carbons (Fsp3) is 0.692. The molecule has 0 aliphatic carbocycles. The standard InChI is InChI=1S/C13H22N4/c1-3-17(10-12-4-6-14-7-5-12)13-11(2)15-8-9-16-13/h8-9,12,14H,3-7,10H2,1-2H3. The van der Waals surface area contributed by atoms with Gasteiger partial charge in [-0.3, -0.25) is 4.98 Å². The summed E-state index contributed by atoms with van der Waals surface area (Å²) in [6, 6.07) is 0. The van der Waals surface area contributed by atoms with Gasteiger partial charge in [-0.25, -0.2) is 4.98 Å². The van der Waals surface area contributed by atoms with Gasteiger partial charge in [0.1, 0.15) is 5.82 Å². The molecule has 1 N–H and O–H groups in total. The van der Waals surface area contributed by atoms with Gasteiger partial charge in [0.05, 0.1) is 5.69 Å². The van der Waals surface area contributed by atoms with E-state index < -0.39 is 0 Å². The zero-order valence-electron chi connectivity index (χ0n) is 10.8. The van der Waals surface area contributed by atoms with E-state index in [-0.39, 0.29) is 0 Å². The van der Waals surface area contributed by atoms with E-state index in [0.717, 1.165) is 43.6 Å². The largest absolute Gasteiger partial charge is 0.355 e. The lowest BCUT2D eigenvalue weighted by molar-refractivity contribution is 0.374. The summed E-state index contributed by atoms with van der Waals surface area (Å²) in [5.41, 5.74) is 1.03. The smallest absolute Gasteiger partial charge is 0.150 e. The lowest BCUT2D eigenvalue weighted by atomic mass is 9.97. The average Bonchev–Trinajstić information content (AvgIpc) is 2.38. The molecule has 2 heterocycles. The SMILES string of the molecule is CCN(CC1CCNCC1)c1nccnc1C. The summed E-state index contributed by atoms with van der Waals surface area (Å²) >= 11 is 0. The Hall–Kier alpha value is -1.16. The normalized spacial score (nSPS) is 17.1. The van der Waals surface area contributed by atoms with Crippen molar-refractivity contribution in [2.24, 2.45) is 5.92 Å². The lowest BCUT2D eigenvalue weighted by Crippen LogP contribution is -2.36. The Morgan fingerprint density at radius 2 is 2.00 bits per heavy atom. The van der Waals surface area contributed by atoms with Crippen molar-refractivity contribution in [3.63, 3.8) is 0 Å². The molecule has 4 nitrogen and oxygen atoms in total. The van der Waals surface area contributed by atoms with Crippen LogP contribution in [0.2, 0.25) is 0 Å². The molecule has 0 radical (unpaired) electrons. The fourth-order valence-electron chi connectivity index (χ4n) is 2.45. The first kappa shape index (κ1) is 12.3. The predicted molar refractivity (Wildman–Crippen MR) is 70.2 cm³/mol. The molecule has 0 saturated carbocycles. The highest BCUT2D eigenvalue weighted by atomic mass is 15.2. The highest BCUT2D eigenvalue weighted by molar-refractivity contribution is 5.42. The molecule has 0 unspecified atom stereocenters. The van der Waals surface area contributed by atoms with E-state index >= 15 is 0 Å². The molecule has 1 aliphatic rings. The van der Waals surface area contributed by atoms with E-state index in [1.165, 1.54) is 12.8 Å². The molecule has 0 bridgehead atoms. The summed E-state index contributed by atoms with van der Waals surface area (Å²) in [5.74, 6) is 1.84. The minimum Gasteiger partial charge on any atom is -0.355 e. The Labute approximate surface area is 103 Å². The summed E-state index contributed by atoms with van der Waals surface area (Å²) in [6.07, 6.45) is 6.09. The van der Waals surface area contributed by atoms with E-state index in [9.17, 15) is 0 Å². The van der Waals surface area contributed by atoms with Gasteiger partial charge in [0.25, 0.3) is 0 Å². The van der Waals surface area contributed by atoms with Gasteiger partial charge in [0.2, 0.25) is 0 Å². The Bertz CT molecular complexity index is 347. The summed E-state index contributed by atoms with van der Waals surface area (Å²) < 4.78 is 0. The molecule has 17 heavy (non-hydrogen) atoms. The molecule has 1 aromatic rings. The van der Waals surface area contributed by atoms with Crippen LogP contribution in [0.15, 0.2) is 12.4 Å². The van der Waals surface area contributed by atoms with Gasteiger partial charge >= 0.3 is 0 Å². The van der Waals surface area contributed by atoms with Crippen LogP contribution in [-0.2, 0) is 0 Å². The summed E-state index contributed by atoms with van der Waals surface area (Å²) in [5, 5.41) is 3.41. The Balaban J connectivity index is 2.03. The summed E-state index contributed by atoms with van der Waals surface area (Å²) in [7, 11) is 0. The number of nitrogens with one attached hydrogen (secondary N) is 1. The van der Waals surface area contributed by atoms with Crippen molar-refractivity contribution < 1.29 is 0 Å². The van der Waals surface area contributed by atoms with Gasteiger partial charge in [-0.05, 0) is 45.7 Å². The molecule has 1 aromatic heterocycles. The van der Waals surface area contributed by atoms with Crippen LogP contribution in [0.25, 0.3) is 0 Å². The third kappa shape index (κ3) is 3.16. The topological polar surface area (TPSA) is 41.0 Å². The van der Waals surface area contributed by atoms with Crippen molar-refractivity contribution in [2.75, 3.05) is 31.1 Å². The maximum Gasteiger partial charge on any atom is 0.150 e. The van der Waals surface area contributed by atoms with E-state index in [4.69, 9.17) is 0 Å². The van der Waals surface area contributed by atoms with Crippen LogP contribution in [0.1, 0.15) is 25.5 Å². The molecule has 0 atom stereocenters. The lowest BCUT2D eigenvalue weighted by Gasteiger charge is -2.30. The molecule has 94 valence electrons. The number of aryl methyl sites for hydroxylation is 1. The van der Waals surface area contributed by atoms with Crippen molar-refractivity contribution in [1.82, 2.24) is 15.3 Å². The van der Waals surface area contributed by atoms with Crippen LogP contribution in [0.5, 0.6) is 0 Å². The molecule has 1 saturated heterocycles. The molecule has 0 amide bonds. The molecule has 1 fully saturated rings. The zero-order valence-corrected chi connectivity index (χ0v) is 10.8. The second-order valence-corrected chi connectivity index (χ2v) is 4.70. The average molecular weight is 234 g/mol. The van der Waals surface area contributed by atoms with Crippen LogP contribution in [0.3, 0.4) is 0 Å². The Kier molecular flexibility index (Phi) is 4.31. The fourth-order valence-corrected chi connectivity index (χ4v) is 2.45. The molecule has 2 rings (SSSR count). The van der Waals surface area contributed by atoms with Gasteiger partial charge in [-0.2, -0.15) is 0 Å². The van der Waals surface area contributed by atoms with Gasteiger partial charge in [-0.1, -0.05) is 0 Å². The first-order valence-electron chi connectivity index (χ1n) is 6.54. The van der Waals surface area contributed by atoms with Gasteiger partial charge in [0, 0.05) is 25.5 Å². The van der Waals surface area contributed by atoms with Gasteiger partial charge in [-0.15, -0.1) is 0 Å². The number of aromatic nitrogens is 2. The van der Waals surface area contributed by atoms with E-state index in [0.29, 0.717) is 0 Å². The maximum atomic E-state index is 4.46. The molecule has 0 spiro atoms. The van der Waals surface area contributed by atoms with Crippen molar-refractivity contribution in [3.05, 3.63) is 18.1 Å². The summed E-state index contributed by atoms with van der Waals surface area (Å²) in [4.78, 5) is 11.1. The Morgan fingerprint density at radius 1 is 1.29 bits per heavy atom. The van der Waals surface area contributed by atoms with E-state index in [2.05, 4.69) is 27.1 Å². The quantitative estimate of drug-likeness (QED) is 0.859. The third-order valence-electron chi connectivity index (χ3n) is 3.47. The second kappa shape index (κ2) is 5.96. The molecular weight excluding hydrogens is 212 g/mol. The minimum absolute atomic E-state index is 0.789. The number of anilines is 1. The maximum absolute atomic E-state index is 4.46. The van der Waals surface area contributed by atoms with Crippen molar-refractivity contribution >= 4 is 5.82 Å². The predicted octanol–water partition coefficient (Wildman–Crippen LogP) is 1.61. The van der Waals surface area contributed by atoms with Crippen molar-refractivity contribution in [1.29, 1.82) is 0 Å². The van der Waals surface area contributed by atoms with Crippen molar-refractivity contribution in [3.8, 4) is 0 Å². The monoisotopic (exact) mass is 234 g/mol. The van der Waals surface area contributed by atoms with Crippen molar-refractivity contribution in [2.45, 2.75) is 26.7 Å². The molecular formula is C13H22N4. The Morgan fingerprint density at radius 3 is 2.65 bits per heavy atom. The van der Waals surface area contributed by atoms with E-state index in [1.54, 1.807) is 12.4 Å². The number of piperidine rings is 1. The molecule has 0 aromatic carbocycles. The third-order valence-corrected chi connectivity index (χ3v) is 3.47. The molecule has 4 heteroatoms. The van der Waals surface area contributed by atoms with Crippen LogP contribution in [-0.4, -0.2) is 36.1 Å².